The van der Waals surface area contributed by atoms with E-state index in [0.29, 0.717) is 17.0 Å². The summed E-state index contributed by atoms with van der Waals surface area (Å²) in [6, 6.07) is 3.53. The van der Waals surface area contributed by atoms with Gasteiger partial charge in [-0.15, -0.1) is 11.3 Å². The minimum absolute atomic E-state index is 0.0179. The second kappa shape index (κ2) is 6.08. The minimum Gasteiger partial charge on any atom is -0.365 e. The van der Waals surface area contributed by atoms with Crippen LogP contribution in [0.1, 0.15) is 44.8 Å². The molecule has 23 heavy (non-hydrogen) atoms. The number of primary amides is 1. The predicted octanol–water partition coefficient (Wildman–Crippen LogP) is 1.83. The van der Waals surface area contributed by atoms with Crippen LogP contribution in [0.2, 0.25) is 0 Å². The van der Waals surface area contributed by atoms with Crippen molar-refractivity contribution in [2.75, 3.05) is 13.1 Å². The van der Waals surface area contributed by atoms with Gasteiger partial charge in [-0.3, -0.25) is 14.6 Å². The highest BCUT2D eigenvalue weighted by Crippen LogP contribution is 2.36. The van der Waals surface area contributed by atoms with E-state index in [2.05, 4.69) is 16.9 Å². The van der Waals surface area contributed by atoms with Crippen LogP contribution >= 0.6 is 11.3 Å². The van der Waals surface area contributed by atoms with E-state index in [1.54, 1.807) is 24.5 Å². The van der Waals surface area contributed by atoms with Gasteiger partial charge in [-0.25, -0.2) is 4.98 Å². The number of likely N-dealkylation sites (tertiary alicyclic amines) is 1. The lowest BCUT2D eigenvalue weighted by Gasteiger charge is -2.39. The summed E-state index contributed by atoms with van der Waals surface area (Å²) in [6.07, 6.45) is 6.58. The van der Waals surface area contributed by atoms with Crippen LogP contribution in [0.4, 0.5) is 0 Å². The normalized spacial score (nSPS) is 21.2. The van der Waals surface area contributed by atoms with E-state index in [-0.39, 0.29) is 11.3 Å². The number of pyridine rings is 1. The first-order chi connectivity index (χ1) is 11.0. The van der Waals surface area contributed by atoms with E-state index in [0.717, 1.165) is 24.4 Å². The number of hydrogen-bond acceptors (Lipinski definition) is 5. The first kappa shape index (κ1) is 15.6. The van der Waals surface area contributed by atoms with Crippen LogP contribution in [0.5, 0.6) is 0 Å². The van der Waals surface area contributed by atoms with Crippen molar-refractivity contribution in [1.29, 1.82) is 0 Å². The molecule has 3 rings (SSSR count). The summed E-state index contributed by atoms with van der Waals surface area (Å²) in [5.41, 5.74) is 5.65. The molecule has 1 fully saturated rings. The Morgan fingerprint density at radius 3 is 2.87 bits per heavy atom. The van der Waals surface area contributed by atoms with E-state index in [1.165, 1.54) is 17.5 Å². The molecule has 0 spiro atoms. The fourth-order valence-electron chi connectivity index (χ4n) is 2.93. The molecule has 2 N–H and O–H groups in total. The van der Waals surface area contributed by atoms with Gasteiger partial charge >= 0.3 is 0 Å². The van der Waals surface area contributed by atoms with Crippen LogP contribution in [0.25, 0.3) is 0 Å². The van der Waals surface area contributed by atoms with Crippen molar-refractivity contribution in [3.63, 3.8) is 0 Å². The van der Waals surface area contributed by atoms with Crippen molar-refractivity contribution in [1.82, 2.24) is 14.9 Å². The Kier molecular flexibility index (Phi) is 4.12. The topological polar surface area (TPSA) is 89.2 Å². The summed E-state index contributed by atoms with van der Waals surface area (Å²) in [6.45, 7) is 3.38. The second-order valence-electron chi connectivity index (χ2n) is 6.03. The number of nitrogens with zero attached hydrogens (tertiary/aromatic N) is 3. The molecule has 2 amide bonds. The Morgan fingerprint density at radius 1 is 1.39 bits per heavy atom. The Labute approximate surface area is 138 Å². The van der Waals surface area contributed by atoms with Gasteiger partial charge in [0.2, 0.25) is 0 Å². The molecule has 6 nitrogen and oxygen atoms in total. The summed E-state index contributed by atoms with van der Waals surface area (Å²) in [5.74, 6) is -0.479. The predicted molar refractivity (Wildman–Crippen MR) is 87.4 cm³/mol. The first-order valence-corrected chi connectivity index (χ1v) is 8.27. The fraction of sp³-hybridized carbons (Fsp3) is 0.375. The quantitative estimate of drug-likeness (QED) is 0.930. The summed E-state index contributed by atoms with van der Waals surface area (Å²) >= 11 is 1.32. The van der Waals surface area contributed by atoms with Crippen LogP contribution < -0.4 is 5.73 Å². The van der Waals surface area contributed by atoms with Crippen LogP contribution in [0.15, 0.2) is 30.7 Å². The molecule has 120 valence electrons. The SMILES string of the molecule is C[C@]1(c2ncc(C(N)=O)s2)CCCN(C(=O)c2cccnc2)C1. The molecular formula is C16H18N4O2S. The van der Waals surface area contributed by atoms with Crippen LogP contribution in [0.3, 0.4) is 0 Å². The van der Waals surface area contributed by atoms with Crippen molar-refractivity contribution in [2.45, 2.75) is 25.2 Å². The van der Waals surface area contributed by atoms with Gasteiger partial charge in [-0.1, -0.05) is 6.92 Å². The average molecular weight is 330 g/mol. The Bertz CT molecular complexity index is 731. The van der Waals surface area contributed by atoms with Gasteiger partial charge in [0.15, 0.2) is 0 Å². The van der Waals surface area contributed by atoms with E-state index in [4.69, 9.17) is 5.73 Å². The molecule has 2 aromatic heterocycles. The lowest BCUT2D eigenvalue weighted by molar-refractivity contribution is 0.0650. The zero-order valence-electron chi connectivity index (χ0n) is 12.9. The number of carbonyl (C=O) groups is 2. The maximum atomic E-state index is 12.6. The molecule has 0 unspecified atom stereocenters. The van der Waals surface area contributed by atoms with E-state index >= 15 is 0 Å². The number of amides is 2. The summed E-state index contributed by atoms with van der Waals surface area (Å²) in [7, 11) is 0. The number of carbonyl (C=O) groups excluding carboxylic acids is 2. The first-order valence-electron chi connectivity index (χ1n) is 7.45. The molecule has 3 heterocycles. The molecule has 1 aliphatic heterocycles. The highest BCUT2D eigenvalue weighted by atomic mass is 32.1. The lowest BCUT2D eigenvalue weighted by Crippen LogP contribution is -2.47. The number of rotatable bonds is 3. The number of nitrogens with two attached hydrogens (primary N) is 1. The van der Waals surface area contributed by atoms with E-state index in [1.807, 2.05) is 4.90 Å². The van der Waals surface area contributed by atoms with Crippen molar-refractivity contribution >= 4 is 23.2 Å². The van der Waals surface area contributed by atoms with Crippen LogP contribution in [-0.4, -0.2) is 39.8 Å². The molecule has 0 radical (unpaired) electrons. The van der Waals surface area contributed by atoms with Gasteiger partial charge in [-0.2, -0.15) is 0 Å². The van der Waals surface area contributed by atoms with Gasteiger partial charge in [0.1, 0.15) is 9.88 Å². The highest BCUT2D eigenvalue weighted by molar-refractivity contribution is 7.13. The van der Waals surface area contributed by atoms with Gasteiger partial charge in [0.25, 0.3) is 11.8 Å². The van der Waals surface area contributed by atoms with E-state index < -0.39 is 5.91 Å². The molecule has 1 aliphatic rings. The third kappa shape index (κ3) is 3.10. The smallest absolute Gasteiger partial charge is 0.260 e. The number of hydrogen-bond donors (Lipinski definition) is 1. The maximum absolute atomic E-state index is 12.6. The second-order valence-corrected chi connectivity index (χ2v) is 7.06. The van der Waals surface area contributed by atoms with Gasteiger partial charge in [0.05, 0.1) is 11.8 Å². The number of thiazole rings is 1. The molecule has 0 saturated carbocycles. The largest absolute Gasteiger partial charge is 0.365 e. The molecule has 2 aromatic rings. The monoisotopic (exact) mass is 330 g/mol. The molecular weight excluding hydrogens is 312 g/mol. The Balaban J connectivity index is 1.81. The fourth-order valence-corrected chi connectivity index (χ4v) is 3.86. The standard InChI is InChI=1S/C16H18N4O2S/c1-16(15-19-9-12(23-15)13(17)21)5-3-7-20(10-16)14(22)11-4-2-6-18-8-11/h2,4,6,8-9H,3,5,7,10H2,1H3,(H2,17,21)/t16-/m0/s1. The molecule has 1 saturated heterocycles. The summed E-state index contributed by atoms with van der Waals surface area (Å²) < 4.78 is 0. The molecule has 7 heteroatoms. The van der Waals surface area contributed by atoms with E-state index in [9.17, 15) is 9.59 Å². The molecule has 0 aromatic carbocycles. The highest BCUT2D eigenvalue weighted by Gasteiger charge is 2.37. The third-order valence-corrected chi connectivity index (χ3v) is 5.48. The van der Waals surface area contributed by atoms with Gasteiger partial charge in [-0.05, 0) is 25.0 Å². The Hall–Kier alpha value is -2.28. The van der Waals surface area contributed by atoms with Gasteiger partial charge in [0, 0.05) is 30.9 Å². The third-order valence-electron chi connectivity index (χ3n) is 4.16. The summed E-state index contributed by atoms with van der Waals surface area (Å²) in [4.78, 5) is 34.6. The molecule has 1 atom stereocenters. The van der Waals surface area contributed by atoms with Crippen LogP contribution in [-0.2, 0) is 5.41 Å². The molecule has 0 aliphatic carbocycles. The zero-order valence-corrected chi connectivity index (χ0v) is 13.7. The summed E-state index contributed by atoms with van der Waals surface area (Å²) in [5, 5.41) is 0.856. The van der Waals surface area contributed by atoms with Crippen molar-refractivity contribution in [2.24, 2.45) is 5.73 Å². The lowest BCUT2D eigenvalue weighted by atomic mass is 9.82. The van der Waals surface area contributed by atoms with Crippen molar-refractivity contribution < 1.29 is 9.59 Å². The molecule has 0 bridgehead atoms. The minimum atomic E-state index is -0.462. The van der Waals surface area contributed by atoms with Crippen molar-refractivity contribution in [3.8, 4) is 0 Å². The number of aromatic nitrogens is 2. The van der Waals surface area contributed by atoms with Gasteiger partial charge < -0.3 is 10.6 Å². The zero-order chi connectivity index (χ0) is 16.4. The number of piperidine rings is 1. The van der Waals surface area contributed by atoms with Crippen molar-refractivity contribution in [3.05, 3.63) is 46.2 Å². The Morgan fingerprint density at radius 2 is 2.22 bits per heavy atom. The average Bonchev–Trinajstić information content (AvgIpc) is 3.06. The maximum Gasteiger partial charge on any atom is 0.260 e. The van der Waals surface area contributed by atoms with Crippen LogP contribution in [0, 0.1) is 0 Å².